The molecule has 5 rings (SSSR count). The summed E-state index contributed by atoms with van der Waals surface area (Å²) in [6.45, 7) is 4.81. The molecule has 144 valence electrons. The predicted octanol–water partition coefficient (Wildman–Crippen LogP) is 3.24. The van der Waals surface area contributed by atoms with Gasteiger partial charge in [0.25, 0.3) is 5.91 Å². The molecule has 2 unspecified atom stereocenters. The van der Waals surface area contributed by atoms with Crippen molar-refractivity contribution in [1.29, 1.82) is 0 Å². The molecule has 6 nitrogen and oxygen atoms in total. The number of amides is 1. The van der Waals surface area contributed by atoms with Gasteiger partial charge in [0.15, 0.2) is 5.82 Å². The van der Waals surface area contributed by atoms with Crippen molar-refractivity contribution >= 4 is 17.2 Å². The molecule has 0 bridgehead atoms. The van der Waals surface area contributed by atoms with Gasteiger partial charge >= 0.3 is 0 Å². The second-order valence-electron chi connectivity index (χ2n) is 7.68. The van der Waals surface area contributed by atoms with Gasteiger partial charge in [-0.15, -0.1) is 16.4 Å². The fraction of sp³-hybridized carbons (Fsp3) is 0.350. The molecule has 1 aromatic carbocycles. The Morgan fingerprint density at radius 3 is 3.00 bits per heavy atom. The average Bonchev–Trinajstić information content (AvgIpc) is 3.43. The summed E-state index contributed by atoms with van der Waals surface area (Å²) < 4.78 is 20.9. The lowest BCUT2D eigenvalue weighted by molar-refractivity contribution is 0.0716. The first-order valence-corrected chi connectivity index (χ1v) is 10.1. The predicted molar refractivity (Wildman–Crippen MR) is 103 cm³/mol. The molecule has 1 amide bonds. The van der Waals surface area contributed by atoms with Crippen LogP contribution in [0, 0.1) is 17.2 Å². The highest BCUT2D eigenvalue weighted by molar-refractivity contribution is 7.13. The molecule has 0 saturated carbocycles. The number of rotatable bonds is 3. The largest absolute Gasteiger partial charge is 0.380 e. The van der Waals surface area contributed by atoms with Crippen LogP contribution in [0.2, 0.25) is 0 Å². The van der Waals surface area contributed by atoms with E-state index >= 15 is 0 Å². The normalized spacial score (nSPS) is 23.9. The topological polar surface area (TPSA) is 60.2 Å². The van der Waals surface area contributed by atoms with Crippen LogP contribution in [-0.2, 0) is 4.74 Å². The second-order valence-corrected chi connectivity index (χ2v) is 8.63. The van der Waals surface area contributed by atoms with Crippen LogP contribution in [0.15, 0.2) is 41.8 Å². The lowest BCUT2D eigenvalue weighted by Gasteiger charge is -2.20. The molecule has 3 aromatic rings. The van der Waals surface area contributed by atoms with E-state index in [9.17, 15) is 9.18 Å². The van der Waals surface area contributed by atoms with E-state index in [2.05, 4.69) is 17.0 Å². The molecule has 2 aromatic heterocycles. The molecular formula is C20H19FN4O2S. The molecule has 0 N–H and O–H groups in total. The summed E-state index contributed by atoms with van der Waals surface area (Å²) in [5.74, 6) is 0.468. The van der Waals surface area contributed by atoms with Crippen LogP contribution >= 0.6 is 11.3 Å². The van der Waals surface area contributed by atoms with Crippen LogP contribution in [0.5, 0.6) is 0 Å². The Hall–Kier alpha value is -2.58. The highest BCUT2D eigenvalue weighted by atomic mass is 32.1. The van der Waals surface area contributed by atoms with Crippen LogP contribution in [0.3, 0.4) is 0 Å². The molecule has 2 aliphatic heterocycles. The van der Waals surface area contributed by atoms with Gasteiger partial charge in [0, 0.05) is 24.4 Å². The van der Waals surface area contributed by atoms with Crippen LogP contribution in [0.25, 0.3) is 16.4 Å². The van der Waals surface area contributed by atoms with Crippen LogP contribution in [0.4, 0.5) is 4.39 Å². The number of hydrogen-bond donors (Lipinski definition) is 0. The maximum atomic E-state index is 13.8. The third-order valence-electron chi connectivity index (χ3n) is 5.61. The number of carbonyl (C=O) groups is 1. The fourth-order valence-electron chi connectivity index (χ4n) is 4.02. The van der Waals surface area contributed by atoms with Crippen molar-refractivity contribution in [2.24, 2.45) is 11.3 Å². The summed E-state index contributed by atoms with van der Waals surface area (Å²) in [6.07, 6.45) is 0. The van der Waals surface area contributed by atoms with Crippen molar-refractivity contribution in [3.63, 3.8) is 0 Å². The average molecular weight is 398 g/mol. The van der Waals surface area contributed by atoms with E-state index in [-0.39, 0.29) is 23.0 Å². The van der Waals surface area contributed by atoms with E-state index in [1.54, 1.807) is 16.8 Å². The Morgan fingerprint density at radius 1 is 1.36 bits per heavy atom. The molecule has 2 fully saturated rings. The first-order valence-electron chi connectivity index (χ1n) is 9.17. The summed E-state index contributed by atoms with van der Waals surface area (Å²) in [7, 11) is 0. The molecule has 4 heterocycles. The van der Waals surface area contributed by atoms with Crippen LogP contribution in [-0.4, -0.2) is 51.9 Å². The number of carbonyl (C=O) groups excluding carboxylic acids is 1. The number of aromatic nitrogens is 3. The van der Waals surface area contributed by atoms with Crippen molar-refractivity contribution < 1.29 is 13.9 Å². The van der Waals surface area contributed by atoms with E-state index in [0.29, 0.717) is 43.7 Å². The van der Waals surface area contributed by atoms with Crippen molar-refractivity contribution in [2.75, 3.05) is 26.3 Å². The zero-order valence-corrected chi connectivity index (χ0v) is 16.2. The maximum absolute atomic E-state index is 13.8. The highest BCUT2D eigenvalue weighted by Crippen LogP contribution is 2.41. The lowest BCUT2D eigenvalue weighted by atomic mass is 9.83. The summed E-state index contributed by atoms with van der Waals surface area (Å²) >= 11 is 1.50. The number of halogens is 1. The molecule has 0 spiro atoms. The number of nitrogens with zero attached hydrogens (tertiary/aromatic N) is 4. The van der Waals surface area contributed by atoms with Gasteiger partial charge in [-0.1, -0.05) is 19.1 Å². The molecule has 8 heteroatoms. The monoisotopic (exact) mass is 398 g/mol. The van der Waals surface area contributed by atoms with Crippen molar-refractivity contribution in [3.8, 4) is 16.4 Å². The SMILES string of the molecule is CC12COCC1CN(C(=O)c1nc(-c3cccs3)n(-c3cccc(F)c3)n1)C2. The Bertz CT molecular complexity index is 1030. The summed E-state index contributed by atoms with van der Waals surface area (Å²) in [5.41, 5.74) is 0.533. The fourth-order valence-corrected chi connectivity index (χ4v) is 4.72. The minimum absolute atomic E-state index is 0.00261. The highest BCUT2D eigenvalue weighted by Gasteiger charge is 2.49. The minimum Gasteiger partial charge on any atom is -0.380 e. The van der Waals surface area contributed by atoms with Gasteiger partial charge in [0.1, 0.15) is 5.82 Å². The smallest absolute Gasteiger partial charge is 0.293 e. The van der Waals surface area contributed by atoms with Crippen LogP contribution < -0.4 is 0 Å². The number of ether oxygens (including phenoxy) is 1. The zero-order valence-electron chi connectivity index (χ0n) is 15.3. The number of fused-ring (bicyclic) bond motifs is 1. The first-order chi connectivity index (χ1) is 13.5. The van der Waals surface area contributed by atoms with Crippen molar-refractivity contribution in [3.05, 3.63) is 53.4 Å². The standard InChI is InChI=1S/C20H19FN4O2S/c1-20-11-24(9-13(20)10-27-12-20)19(26)17-22-18(16-6-3-7-28-16)25(23-17)15-5-2-4-14(21)8-15/h2-8,13H,9-12H2,1H3. The van der Waals surface area contributed by atoms with Gasteiger partial charge in [0.05, 0.1) is 23.8 Å². The molecule has 2 saturated heterocycles. The lowest BCUT2D eigenvalue weighted by Crippen LogP contribution is -2.33. The molecule has 0 aliphatic carbocycles. The summed E-state index contributed by atoms with van der Waals surface area (Å²) in [5, 5.41) is 6.40. The van der Waals surface area contributed by atoms with E-state index in [0.717, 1.165) is 4.88 Å². The minimum atomic E-state index is -0.363. The third kappa shape index (κ3) is 2.84. The Morgan fingerprint density at radius 2 is 2.25 bits per heavy atom. The molecular weight excluding hydrogens is 379 g/mol. The summed E-state index contributed by atoms with van der Waals surface area (Å²) in [4.78, 5) is 20.4. The molecule has 0 radical (unpaired) electrons. The quantitative estimate of drug-likeness (QED) is 0.680. The van der Waals surface area contributed by atoms with Gasteiger partial charge in [-0.25, -0.2) is 14.1 Å². The third-order valence-corrected chi connectivity index (χ3v) is 6.48. The van der Waals surface area contributed by atoms with E-state index in [4.69, 9.17) is 4.74 Å². The molecule has 2 atom stereocenters. The van der Waals surface area contributed by atoms with Gasteiger partial charge in [-0.2, -0.15) is 0 Å². The van der Waals surface area contributed by atoms with Gasteiger partial charge in [0.2, 0.25) is 5.82 Å². The zero-order chi connectivity index (χ0) is 19.3. The Labute approximate surface area is 165 Å². The van der Waals surface area contributed by atoms with Gasteiger partial charge in [-0.05, 0) is 29.6 Å². The Kier molecular flexibility index (Phi) is 4.06. The van der Waals surface area contributed by atoms with Crippen molar-refractivity contribution in [1.82, 2.24) is 19.7 Å². The number of benzene rings is 1. The second kappa shape index (κ2) is 6.49. The first kappa shape index (κ1) is 17.5. The van der Waals surface area contributed by atoms with Gasteiger partial charge in [-0.3, -0.25) is 4.79 Å². The van der Waals surface area contributed by atoms with Gasteiger partial charge < -0.3 is 9.64 Å². The summed E-state index contributed by atoms with van der Waals surface area (Å²) in [6, 6.07) is 9.96. The Balaban J connectivity index is 1.52. The van der Waals surface area contributed by atoms with E-state index < -0.39 is 0 Å². The number of thiophene rings is 1. The van der Waals surface area contributed by atoms with E-state index in [1.807, 2.05) is 22.4 Å². The van der Waals surface area contributed by atoms with Crippen molar-refractivity contribution in [2.45, 2.75) is 6.92 Å². The number of hydrogen-bond acceptors (Lipinski definition) is 5. The number of likely N-dealkylation sites (tertiary alicyclic amines) is 1. The molecule has 2 aliphatic rings. The van der Waals surface area contributed by atoms with Crippen LogP contribution in [0.1, 0.15) is 17.5 Å². The van der Waals surface area contributed by atoms with E-state index in [1.165, 1.54) is 23.5 Å². The maximum Gasteiger partial charge on any atom is 0.293 e. The molecule has 28 heavy (non-hydrogen) atoms.